The molecule has 0 saturated carbocycles. The molecular weight excluding hydrogens is 247 g/mol. The second-order valence-corrected chi connectivity index (χ2v) is 4.85. The third-order valence-electron chi connectivity index (χ3n) is 3.66. The number of fused-ring (bicyclic) bond motifs is 3. The molecular formula is C14H15FN2O2. The van der Waals surface area contributed by atoms with Gasteiger partial charge in [-0.2, -0.15) is 0 Å². The molecule has 1 amide bonds. The highest BCUT2D eigenvalue weighted by molar-refractivity contribution is 5.85. The Labute approximate surface area is 109 Å². The number of hydrogen-bond acceptors (Lipinski definition) is 2. The van der Waals surface area contributed by atoms with Crippen molar-refractivity contribution in [2.45, 2.75) is 25.3 Å². The molecule has 2 aromatic rings. The summed E-state index contributed by atoms with van der Waals surface area (Å²) < 4.78 is 17.8. The summed E-state index contributed by atoms with van der Waals surface area (Å²) in [7, 11) is 1.36. The number of aromatic amines is 1. The molecule has 100 valence electrons. The fourth-order valence-corrected chi connectivity index (χ4v) is 2.75. The molecule has 3 rings (SSSR count). The van der Waals surface area contributed by atoms with Crippen molar-refractivity contribution in [2.24, 2.45) is 0 Å². The molecule has 0 radical (unpaired) electrons. The molecule has 0 saturated heterocycles. The number of aryl methyl sites for hydroxylation is 1. The first kappa shape index (κ1) is 12.0. The molecule has 1 heterocycles. The van der Waals surface area contributed by atoms with Crippen LogP contribution in [0.5, 0.6) is 0 Å². The average Bonchev–Trinajstić information content (AvgIpc) is 2.75. The van der Waals surface area contributed by atoms with Crippen LogP contribution in [0.25, 0.3) is 10.9 Å². The summed E-state index contributed by atoms with van der Waals surface area (Å²) >= 11 is 0. The largest absolute Gasteiger partial charge is 0.453 e. The first-order valence-electron chi connectivity index (χ1n) is 6.31. The van der Waals surface area contributed by atoms with E-state index in [1.165, 1.54) is 24.8 Å². The van der Waals surface area contributed by atoms with Crippen molar-refractivity contribution in [3.8, 4) is 0 Å². The number of amides is 1. The fourth-order valence-electron chi connectivity index (χ4n) is 2.75. The third kappa shape index (κ3) is 2.16. The lowest BCUT2D eigenvalue weighted by atomic mass is 9.91. The Bertz CT molecular complexity index is 636. The Kier molecular flexibility index (Phi) is 2.89. The standard InChI is InChI=1S/C14H15FN2O2/c1-19-14(18)16-9-3-5-12-11(7-9)10-4-2-8(15)6-13(10)17-12/h2,4,6,9,17H,3,5,7H2,1H3,(H,16,18). The van der Waals surface area contributed by atoms with E-state index in [1.54, 1.807) is 6.07 Å². The number of rotatable bonds is 1. The lowest BCUT2D eigenvalue weighted by molar-refractivity contribution is 0.165. The molecule has 0 bridgehead atoms. The van der Waals surface area contributed by atoms with Crippen molar-refractivity contribution < 1.29 is 13.9 Å². The molecule has 0 aliphatic heterocycles. The van der Waals surface area contributed by atoms with E-state index >= 15 is 0 Å². The van der Waals surface area contributed by atoms with Crippen LogP contribution in [-0.4, -0.2) is 24.2 Å². The lowest BCUT2D eigenvalue weighted by Gasteiger charge is -2.22. The van der Waals surface area contributed by atoms with E-state index in [0.29, 0.717) is 0 Å². The van der Waals surface area contributed by atoms with Crippen molar-refractivity contribution in [1.29, 1.82) is 0 Å². The smallest absolute Gasteiger partial charge is 0.407 e. The normalized spacial score (nSPS) is 18.1. The fraction of sp³-hybridized carbons (Fsp3) is 0.357. The topological polar surface area (TPSA) is 54.1 Å². The highest BCUT2D eigenvalue weighted by Crippen LogP contribution is 2.29. The van der Waals surface area contributed by atoms with Crippen molar-refractivity contribution in [1.82, 2.24) is 10.3 Å². The maximum Gasteiger partial charge on any atom is 0.407 e. The van der Waals surface area contributed by atoms with Gasteiger partial charge in [-0.15, -0.1) is 0 Å². The van der Waals surface area contributed by atoms with Gasteiger partial charge in [0.2, 0.25) is 0 Å². The minimum absolute atomic E-state index is 0.0732. The minimum atomic E-state index is -0.403. The molecule has 1 aliphatic carbocycles. The molecule has 1 aliphatic rings. The monoisotopic (exact) mass is 262 g/mol. The molecule has 4 nitrogen and oxygen atoms in total. The van der Waals surface area contributed by atoms with Gasteiger partial charge in [0.15, 0.2) is 0 Å². The second-order valence-electron chi connectivity index (χ2n) is 4.85. The summed E-state index contributed by atoms with van der Waals surface area (Å²) in [4.78, 5) is 14.5. The zero-order chi connectivity index (χ0) is 13.4. The highest BCUT2D eigenvalue weighted by atomic mass is 19.1. The van der Waals surface area contributed by atoms with Crippen molar-refractivity contribution in [2.75, 3.05) is 7.11 Å². The van der Waals surface area contributed by atoms with Gasteiger partial charge in [-0.25, -0.2) is 9.18 Å². The van der Waals surface area contributed by atoms with E-state index in [4.69, 9.17) is 0 Å². The second kappa shape index (κ2) is 4.57. The van der Waals surface area contributed by atoms with Crippen LogP contribution in [0.3, 0.4) is 0 Å². The molecule has 1 atom stereocenters. The molecule has 1 aromatic heterocycles. The van der Waals surface area contributed by atoms with E-state index in [1.807, 2.05) is 0 Å². The first-order chi connectivity index (χ1) is 9.17. The predicted octanol–water partition coefficient (Wildman–Crippen LogP) is 2.52. The number of halogens is 1. The van der Waals surface area contributed by atoms with Crippen molar-refractivity contribution in [3.63, 3.8) is 0 Å². The minimum Gasteiger partial charge on any atom is -0.453 e. The van der Waals surface area contributed by atoms with E-state index in [9.17, 15) is 9.18 Å². The zero-order valence-electron chi connectivity index (χ0n) is 10.6. The Balaban J connectivity index is 1.91. The van der Waals surface area contributed by atoms with Crippen LogP contribution in [-0.2, 0) is 17.6 Å². The summed E-state index contributed by atoms with van der Waals surface area (Å²) in [5, 5.41) is 3.86. The number of hydrogen-bond donors (Lipinski definition) is 2. The average molecular weight is 262 g/mol. The molecule has 1 unspecified atom stereocenters. The number of H-pyrrole nitrogens is 1. The first-order valence-corrected chi connectivity index (χ1v) is 6.31. The van der Waals surface area contributed by atoms with Gasteiger partial charge in [-0.05, 0) is 43.0 Å². The van der Waals surface area contributed by atoms with Crippen LogP contribution >= 0.6 is 0 Å². The number of carbonyl (C=O) groups excluding carboxylic acids is 1. The quantitative estimate of drug-likeness (QED) is 0.829. The van der Waals surface area contributed by atoms with Gasteiger partial charge in [-0.1, -0.05) is 0 Å². The van der Waals surface area contributed by atoms with Crippen LogP contribution in [0.1, 0.15) is 17.7 Å². The van der Waals surface area contributed by atoms with Crippen molar-refractivity contribution >= 4 is 17.0 Å². The molecule has 1 aromatic carbocycles. The molecule has 2 N–H and O–H groups in total. The number of alkyl carbamates (subject to hydrolysis) is 1. The zero-order valence-corrected chi connectivity index (χ0v) is 10.6. The van der Waals surface area contributed by atoms with Gasteiger partial charge in [0.05, 0.1) is 7.11 Å². The summed E-state index contributed by atoms with van der Waals surface area (Å²) in [6.07, 6.45) is 2.05. The Morgan fingerprint density at radius 1 is 1.53 bits per heavy atom. The number of carbonyl (C=O) groups is 1. The molecule has 0 fully saturated rings. The molecule has 19 heavy (non-hydrogen) atoms. The van der Waals surface area contributed by atoms with Crippen LogP contribution < -0.4 is 5.32 Å². The van der Waals surface area contributed by atoms with Crippen molar-refractivity contribution in [3.05, 3.63) is 35.3 Å². The summed E-state index contributed by atoms with van der Waals surface area (Å²) in [5.41, 5.74) is 3.13. The number of nitrogens with one attached hydrogen (secondary N) is 2. The summed E-state index contributed by atoms with van der Waals surface area (Å²) in [6.45, 7) is 0. The maximum absolute atomic E-state index is 13.2. The highest BCUT2D eigenvalue weighted by Gasteiger charge is 2.23. The number of ether oxygens (including phenoxy) is 1. The summed E-state index contributed by atoms with van der Waals surface area (Å²) in [6, 6.07) is 4.84. The number of methoxy groups -OCH3 is 1. The van der Waals surface area contributed by atoms with E-state index in [2.05, 4.69) is 15.0 Å². The third-order valence-corrected chi connectivity index (χ3v) is 3.66. The van der Waals surface area contributed by atoms with Crippen LogP contribution in [0.15, 0.2) is 18.2 Å². The van der Waals surface area contributed by atoms with Gasteiger partial charge in [-0.3, -0.25) is 0 Å². The predicted molar refractivity (Wildman–Crippen MR) is 69.6 cm³/mol. The molecule has 5 heteroatoms. The number of benzene rings is 1. The van der Waals surface area contributed by atoms with Gasteiger partial charge < -0.3 is 15.0 Å². The van der Waals surface area contributed by atoms with Crippen LogP contribution in [0, 0.1) is 5.82 Å². The Hall–Kier alpha value is -2.04. The lowest BCUT2D eigenvalue weighted by Crippen LogP contribution is -2.38. The summed E-state index contributed by atoms with van der Waals surface area (Å²) in [5.74, 6) is -0.240. The van der Waals surface area contributed by atoms with Gasteiger partial charge in [0.25, 0.3) is 0 Å². The van der Waals surface area contributed by atoms with E-state index in [-0.39, 0.29) is 11.9 Å². The molecule has 0 spiro atoms. The van der Waals surface area contributed by atoms with Gasteiger partial charge >= 0.3 is 6.09 Å². The van der Waals surface area contributed by atoms with Crippen LogP contribution in [0.4, 0.5) is 9.18 Å². The number of aromatic nitrogens is 1. The van der Waals surface area contributed by atoms with E-state index in [0.717, 1.165) is 35.9 Å². The van der Waals surface area contributed by atoms with Crippen LogP contribution in [0.2, 0.25) is 0 Å². The Morgan fingerprint density at radius 3 is 3.16 bits per heavy atom. The van der Waals surface area contributed by atoms with Gasteiger partial charge in [0, 0.05) is 22.6 Å². The maximum atomic E-state index is 13.2. The Morgan fingerprint density at radius 2 is 2.37 bits per heavy atom. The van der Waals surface area contributed by atoms with Gasteiger partial charge in [0.1, 0.15) is 5.82 Å². The SMILES string of the molecule is COC(=O)NC1CCc2[nH]c3cc(F)ccc3c2C1. The van der Waals surface area contributed by atoms with E-state index < -0.39 is 6.09 Å².